The Morgan fingerprint density at radius 2 is 1.34 bits per heavy atom. The van der Waals surface area contributed by atoms with Crippen molar-refractivity contribution in [1.29, 1.82) is 0 Å². The third-order valence-corrected chi connectivity index (χ3v) is 8.76. The molecular weight excluding hydrogens is 547 g/mol. The van der Waals surface area contributed by atoms with Crippen molar-refractivity contribution in [3.05, 3.63) is 88.3 Å². The molecular formula is C35H60O4PS+. The fourth-order valence-electron chi connectivity index (χ4n) is 4.42. The van der Waals surface area contributed by atoms with Crippen LogP contribution in [-0.4, -0.2) is 18.1 Å². The van der Waals surface area contributed by atoms with Gasteiger partial charge in [-0.3, -0.25) is 4.55 Å². The van der Waals surface area contributed by atoms with Gasteiger partial charge < -0.3 is 5.11 Å². The molecule has 0 radical (unpaired) electrons. The summed E-state index contributed by atoms with van der Waals surface area (Å²) in [6, 6.07) is 22.7. The van der Waals surface area contributed by atoms with Gasteiger partial charge in [0.15, 0.2) is 0 Å². The van der Waals surface area contributed by atoms with E-state index in [1.165, 1.54) is 54.0 Å². The van der Waals surface area contributed by atoms with E-state index in [-0.39, 0.29) is 55.2 Å². The van der Waals surface area contributed by atoms with Crippen molar-refractivity contribution in [2.24, 2.45) is 0 Å². The topological polar surface area (TPSA) is 74.6 Å². The normalized spacial score (nSPS) is 11.8. The van der Waals surface area contributed by atoms with Crippen molar-refractivity contribution < 1.29 is 18.1 Å². The van der Waals surface area contributed by atoms with Gasteiger partial charge in [0.05, 0.1) is 11.5 Å². The maximum absolute atomic E-state index is 11.1. The summed E-state index contributed by atoms with van der Waals surface area (Å²) in [6.07, 6.45) is 9.99. The van der Waals surface area contributed by atoms with Crippen molar-refractivity contribution in [1.82, 2.24) is 0 Å². The molecule has 2 N–H and O–H groups in total. The Bertz CT molecular complexity index is 1320. The molecule has 0 saturated carbocycles. The minimum Gasteiger partial charge on any atom is -0.507 e. The van der Waals surface area contributed by atoms with Crippen molar-refractivity contribution in [2.75, 3.05) is 0 Å². The fraction of sp³-hybridized carbons (Fsp3) is 0.429. The number of phenolic OH excluding ortho intramolecular Hbond substituents is 1. The number of hydrogen-bond acceptors (Lipinski definition) is 3. The average molecular weight is 608 g/mol. The first-order valence-electron chi connectivity index (χ1n) is 12.3. The zero-order chi connectivity index (χ0) is 25.3. The van der Waals surface area contributed by atoms with E-state index < -0.39 is 10.1 Å². The lowest BCUT2D eigenvalue weighted by Gasteiger charge is -2.14. The van der Waals surface area contributed by atoms with Gasteiger partial charge in [0.25, 0.3) is 10.1 Å². The molecule has 0 heterocycles. The smallest absolute Gasteiger partial charge is 0.295 e. The molecule has 2 unspecified atom stereocenters. The van der Waals surface area contributed by atoms with Crippen molar-refractivity contribution >= 4 is 36.2 Å². The molecule has 3 aromatic rings. The van der Waals surface area contributed by atoms with E-state index in [0.717, 1.165) is 12.3 Å². The molecule has 6 heteroatoms. The van der Waals surface area contributed by atoms with Crippen LogP contribution in [0.1, 0.15) is 108 Å². The lowest BCUT2D eigenvalue weighted by molar-refractivity contribution is 0.467. The van der Waals surface area contributed by atoms with Crippen LogP contribution in [0.3, 0.4) is 0 Å². The molecule has 0 aromatic heterocycles. The molecule has 4 nitrogen and oxygen atoms in total. The lowest BCUT2D eigenvalue weighted by atomic mass is 9.92. The molecule has 0 aliphatic heterocycles. The quantitative estimate of drug-likeness (QED) is 0.198. The van der Waals surface area contributed by atoms with Crippen molar-refractivity contribution in [3.8, 4) is 5.75 Å². The molecule has 0 amide bonds. The van der Waals surface area contributed by atoms with E-state index >= 15 is 0 Å². The number of hydrogen-bond donors (Lipinski definition) is 2. The lowest BCUT2D eigenvalue weighted by Crippen LogP contribution is -2.32. The van der Waals surface area contributed by atoms with Gasteiger partial charge >= 0.3 is 0 Å². The van der Waals surface area contributed by atoms with Gasteiger partial charge in [-0.1, -0.05) is 119 Å². The van der Waals surface area contributed by atoms with E-state index in [4.69, 9.17) is 4.55 Å². The van der Waals surface area contributed by atoms with Gasteiger partial charge in [-0.2, -0.15) is 8.42 Å². The minimum absolute atomic E-state index is 0. The molecule has 1 aliphatic rings. The third-order valence-electron chi connectivity index (χ3n) is 6.32. The second-order valence-corrected chi connectivity index (χ2v) is 11.7. The molecule has 0 bridgehead atoms. The Kier molecular flexibility index (Phi) is 24.6. The summed E-state index contributed by atoms with van der Waals surface area (Å²) in [6.45, 7) is 4.58. The van der Waals surface area contributed by atoms with Gasteiger partial charge in [-0.15, -0.1) is 0 Å². The third kappa shape index (κ3) is 13.4. The van der Waals surface area contributed by atoms with Crippen LogP contribution in [0.4, 0.5) is 0 Å². The number of aromatic hydroxyl groups is 1. The monoisotopic (exact) mass is 607 g/mol. The second kappa shape index (κ2) is 22.2. The van der Waals surface area contributed by atoms with Crippen LogP contribution >= 0.6 is 8.58 Å². The predicted octanol–water partition coefficient (Wildman–Crippen LogP) is 9.03. The summed E-state index contributed by atoms with van der Waals surface area (Å²) >= 11 is 0. The van der Waals surface area contributed by atoms with Crippen LogP contribution in [0.2, 0.25) is 0 Å². The summed E-state index contributed by atoms with van der Waals surface area (Å²) < 4.78 is 31.1. The number of benzene rings is 3. The number of phenols is 1. The highest BCUT2D eigenvalue weighted by Crippen LogP contribution is 2.26. The molecule has 4 rings (SSSR count). The summed E-state index contributed by atoms with van der Waals surface area (Å²) in [4.78, 5) is -0.147. The first-order chi connectivity index (χ1) is 16.8. The molecule has 3 aromatic carbocycles. The number of rotatable bonds is 8. The minimum atomic E-state index is -4.22. The van der Waals surface area contributed by atoms with Crippen LogP contribution in [0, 0.1) is 0 Å². The molecule has 0 spiro atoms. The highest BCUT2D eigenvalue weighted by Gasteiger charge is 2.14. The highest BCUT2D eigenvalue weighted by molar-refractivity contribution is 7.85. The van der Waals surface area contributed by atoms with Gasteiger partial charge in [-0.25, -0.2) is 0 Å². The predicted molar refractivity (Wildman–Crippen MR) is 190 cm³/mol. The molecule has 41 heavy (non-hydrogen) atoms. The van der Waals surface area contributed by atoms with Gasteiger partial charge in [0.2, 0.25) is 0 Å². The zero-order valence-electron chi connectivity index (χ0n) is 20.5. The first-order valence-corrected chi connectivity index (χ1v) is 15.1. The Labute approximate surface area is 255 Å². The highest BCUT2D eigenvalue weighted by atomic mass is 32.2. The average Bonchev–Trinajstić information content (AvgIpc) is 2.87. The van der Waals surface area contributed by atoms with E-state index in [0.29, 0.717) is 25.4 Å². The van der Waals surface area contributed by atoms with Crippen molar-refractivity contribution in [2.45, 2.75) is 107 Å². The molecule has 234 valence electrons. The summed E-state index contributed by atoms with van der Waals surface area (Å²) in [5.41, 5.74) is 3.01. The first kappa shape index (κ1) is 45.5. The molecule has 1 aliphatic carbocycles. The van der Waals surface area contributed by atoms with Crippen LogP contribution in [-0.2, 0) is 16.3 Å². The Morgan fingerprint density at radius 1 is 0.780 bits per heavy atom. The standard InChI is InChI=1S/C19H25P.C10H10O4S.6CH4/c1-3-8-17(4-2)18-13-11-16(12-14-18)15-20-19-9-6-5-7-10-19;11-9-5-6-10(15(12,13)14)8-4-2-1-3-7(8)9;;;;;;/h5-7,9-14,17,20H,3-4,8,15H2,1-2H3;3-6,11H,1-2H2,(H,12,13,14);6*1H4/p+1. The SMILES string of the molecule is C.C.C.C.C.C.CCCC(CC)c1ccc(C[PH2+]c2ccccc2)cc1.O=S(=O)(O)c1ccc(O)c2c1=CCCC=2. The van der Waals surface area contributed by atoms with Crippen LogP contribution in [0.5, 0.6) is 5.75 Å². The van der Waals surface area contributed by atoms with E-state index in [1.54, 1.807) is 12.2 Å². The molecule has 0 fully saturated rings. The van der Waals surface area contributed by atoms with E-state index in [2.05, 4.69) is 68.4 Å². The number of fused-ring (bicyclic) bond motifs is 1. The Balaban J connectivity index is -0.000000299. The summed E-state index contributed by atoms with van der Waals surface area (Å²) in [5.74, 6) is 0.781. The van der Waals surface area contributed by atoms with E-state index in [1.807, 2.05) is 0 Å². The van der Waals surface area contributed by atoms with Gasteiger partial charge in [-0.05, 0) is 67.0 Å². The Hall–Kier alpha value is -2.46. The fourth-order valence-corrected chi connectivity index (χ4v) is 6.37. The zero-order valence-corrected chi connectivity index (χ0v) is 22.5. The van der Waals surface area contributed by atoms with E-state index in [9.17, 15) is 13.5 Å². The molecule has 2 atom stereocenters. The van der Waals surface area contributed by atoms with Gasteiger partial charge in [0.1, 0.15) is 10.6 Å². The van der Waals surface area contributed by atoms with Crippen molar-refractivity contribution in [3.63, 3.8) is 0 Å². The van der Waals surface area contributed by atoms with Gasteiger partial charge in [0, 0.05) is 19.0 Å². The summed E-state index contributed by atoms with van der Waals surface area (Å²) in [7, 11) is -3.86. The maximum atomic E-state index is 11.1. The summed E-state index contributed by atoms with van der Waals surface area (Å²) in [5, 5.41) is 11.9. The second-order valence-electron chi connectivity index (χ2n) is 8.83. The van der Waals surface area contributed by atoms with Crippen LogP contribution in [0.15, 0.2) is 71.6 Å². The Morgan fingerprint density at radius 3 is 1.85 bits per heavy atom. The largest absolute Gasteiger partial charge is 0.507 e. The molecule has 0 saturated heterocycles. The van der Waals surface area contributed by atoms with Crippen LogP contribution < -0.4 is 15.7 Å². The maximum Gasteiger partial charge on any atom is 0.295 e. The van der Waals surface area contributed by atoms with Crippen LogP contribution in [0.25, 0.3) is 12.2 Å².